The van der Waals surface area contributed by atoms with Crippen molar-refractivity contribution in [2.75, 3.05) is 23.3 Å². The van der Waals surface area contributed by atoms with E-state index in [4.69, 9.17) is 0 Å². The first kappa shape index (κ1) is 18.6. The Bertz CT molecular complexity index is 892. The standard InChI is InChI=1S/C18H18F2N6O/c1-11(2)15-23-8-13(9-24-15)17(27)25-14-12(7-21)3-5-22-16(14)26-6-4-18(19,20)10-26/h3,5,8-9,11H,4,6,10H2,1-2H3,(H,25,27). The number of anilines is 2. The number of nitrogens with one attached hydrogen (secondary N) is 1. The summed E-state index contributed by atoms with van der Waals surface area (Å²) in [5.41, 5.74) is 0.448. The van der Waals surface area contributed by atoms with Crippen LogP contribution in [0.3, 0.4) is 0 Å². The molecule has 0 unspecified atom stereocenters. The zero-order chi connectivity index (χ0) is 19.6. The van der Waals surface area contributed by atoms with Gasteiger partial charge in [0.2, 0.25) is 0 Å². The van der Waals surface area contributed by atoms with E-state index in [2.05, 4.69) is 20.3 Å². The highest BCUT2D eigenvalue weighted by Crippen LogP contribution is 2.35. The molecule has 0 aromatic carbocycles. The molecule has 140 valence electrons. The molecule has 1 N–H and O–H groups in total. The molecule has 0 bridgehead atoms. The fraction of sp³-hybridized carbons (Fsp3) is 0.389. The molecule has 2 aromatic heterocycles. The number of carbonyl (C=O) groups is 1. The van der Waals surface area contributed by atoms with Gasteiger partial charge in [0.1, 0.15) is 17.6 Å². The molecule has 0 spiro atoms. The van der Waals surface area contributed by atoms with E-state index in [-0.39, 0.29) is 41.5 Å². The summed E-state index contributed by atoms with van der Waals surface area (Å²) in [6.07, 6.45) is 3.84. The van der Waals surface area contributed by atoms with Crippen LogP contribution in [-0.2, 0) is 0 Å². The van der Waals surface area contributed by atoms with Gasteiger partial charge in [0, 0.05) is 37.5 Å². The van der Waals surface area contributed by atoms with E-state index in [1.165, 1.54) is 29.6 Å². The van der Waals surface area contributed by atoms with Crippen LogP contribution in [-0.4, -0.2) is 39.9 Å². The molecule has 0 radical (unpaired) electrons. The van der Waals surface area contributed by atoms with E-state index in [0.29, 0.717) is 5.82 Å². The third-order valence-corrected chi connectivity index (χ3v) is 4.21. The summed E-state index contributed by atoms with van der Waals surface area (Å²) in [7, 11) is 0. The Morgan fingerprint density at radius 3 is 2.59 bits per heavy atom. The minimum absolute atomic E-state index is 0.0873. The maximum atomic E-state index is 13.6. The number of nitrogens with zero attached hydrogens (tertiary/aromatic N) is 5. The van der Waals surface area contributed by atoms with E-state index in [0.717, 1.165) is 0 Å². The summed E-state index contributed by atoms with van der Waals surface area (Å²) >= 11 is 0. The third kappa shape index (κ3) is 4.00. The fourth-order valence-electron chi connectivity index (χ4n) is 2.76. The van der Waals surface area contributed by atoms with Crippen molar-refractivity contribution in [1.29, 1.82) is 5.26 Å². The van der Waals surface area contributed by atoms with Crippen LogP contribution in [0.15, 0.2) is 24.7 Å². The molecule has 1 saturated heterocycles. The Hall–Kier alpha value is -3.15. The Labute approximate surface area is 155 Å². The van der Waals surface area contributed by atoms with Crippen molar-refractivity contribution in [2.45, 2.75) is 32.1 Å². The monoisotopic (exact) mass is 372 g/mol. The first-order valence-corrected chi connectivity index (χ1v) is 8.46. The van der Waals surface area contributed by atoms with Gasteiger partial charge in [-0.3, -0.25) is 4.79 Å². The van der Waals surface area contributed by atoms with Crippen molar-refractivity contribution < 1.29 is 13.6 Å². The number of hydrogen-bond donors (Lipinski definition) is 1. The fourth-order valence-corrected chi connectivity index (χ4v) is 2.76. The second kappa shape index (κ2) is 7.23. The Morgan fingerprint density at radius 2 is 2.04 bits per heavy atom. The summed E-state index contributed by atoms with van der Waals surface area (Å²) in [5, 5.41) is 12.0. The summed E-state index contributed by atoms with van der Waals surface area (Å²) in [5.74, 6) is -2.49. The molecule has 3 rings (SSSR count). The lowest BCUT2D eigenvalue weighted by atomic mass is 10.2. The molecule has 0 aliphatic carbocycles. The third-order valence-electron chi connectivity index (χ3n) is 4.21. The Kier molecular flexibility index (Phi) is 4.99. The van der Waals surface area contributed by atoms with Crippen LogP contribution in [0.4, 0.5) is 20.3 Å². The van der Waals surface area contributed by atoms with Crippen molar-refractivity contribution in [3.8, 4) is 6.07 Å². The van der Waals surface area contributed by atoms with Crippen molar-refractivity contribution in [3.05, 3.63) is 41.6 Å². The number of rotatable bonds is 4. The van der Waals surface area contributed by atoms with Crippen LogP contribution >= 0.6 is 0 Å². The lowest BCUT2D eigenvalue weighted by Crippen LogP contribution is -2.27. The van der Waals surface area contributed by atoms with Gasteiger partial charge in [-0.2, -0.15) is 5.26 Å². The van der Waals surface area contributed by atoms with Gasteiger partial charge in [0.15, 0.2) is 5.82 Å². The van der Waals surface area contributed by atoms with Crippen molar-refractivity contribution in [2.24, 2.45) is 0 Å². The number of nitriles is 1. The molecule has 0 atom stereocenters. The van der Waals surface area contributed by atoms with Crippen LogP contribution < -0.4 is 10.2 Å². The Morgan fingerprint density at radius 1 is 1.33 bits per heavy atom. The topological polar surface area (TPSA) is 94.8 Å². The van der Waals surface area contributed by atoms with Crippen LogP contribution in [0, 0.1) is 11.3 Å². The quantitative estimate of drug-likeness (QED) is 0.887. The van der Waals surface area contributed by atoms with Crippen LogP contribution in [0.1, 0.15) is 47.9 Å². The minimum Gasteiger partial charge on any atom is -0.349 e. The molecular formula is C18H18F2N6O. The Balaban J connectivity index is 1.89. The molecule has 27 heavy (non-hydrogen) atoms. The van der Waals surface area contributed by atoms with Gasteiger partial charge in [-0.25, -0.2) is 23.7 Å². The van der Waals surface area contributed by atoms with E-state index in [1.54, 1.807) is 0 Å². The van der Waals surface area contributed by atoms with Crippen molar-refractivity contribution in [3.63, 3.8) is 0 Å². The molecule has 1 aliphatic heterocycles. The van der Waals surface area contributed by atoms with Gasteiger partial charge in [0.25, 0.3) is 11.8 Å². The predicted octanol–water partition coefficient (Wildman–Crippen LogP) is 2.96. The first-order valence-electron chi connectivity index (χ1n) is 8.46. The van der Waals surface area contributed by atoms with E-state index >= 15 is 0 Å². The zero-order valence-electron chi connectivity index (χ0n) is 14.9. The maximum absolute atomic E-state index is 13.6. The second-order valence-electron chi connectivity index (χ2n) is 6.64. The lowest BCUT2D eigenvalue weighted by molar-refractivity contribution is 0.0257. The highest BCUT2D eigenvalue weighted by Gasteiger charge is 2.39. The molecule has 1 fully saturated rings. The number of carbonyl (C=O) groups excluding carboxylic acids is 1. The van der Waals surface area contributed by atoms with Gasteiger partial charge in [-0.1, -0.05) is 13.8 Å². The molecular weight excluding hydrogens is 354 g/mol. The average Bonchev–Trinajstić information content (AvgIpc) is 3.01. The van der Waals surface area contributed by atoms with Gasteiger partial charge < -0.3 is 10.2 Å². The highest BCUT2D eigenvalue weighted by atomic mass is 19.3. The van der Waals surface area contributed by atoms with E-state index < -0.39 is 18.4 Å². The van der Waals surface area contributed by atoms with Gasteiger partial charge in [0.05, 0.1) is 17.7 Å². The molecule has 1 aliphatic rings. The average molecular weight is 372 g/mol. The molecule has 9 heteroatoms. The van der Waals surface area contributed by atoms with Crippen molar-refractivity contribution in [1.82, 2.24) is 15.0 Å². The summed E-state index contributed by atoms with van der Waals surface area (Å²) < 4.78 is 27.2. The molecule has 7 nitrogen and oxygen atoms in total. The largest absolute Gasteiger partial charge is 0.349 e. The number of hydrogen-bond acceptors (Lipinski definition) is 6. The smallest absolute Gasteiger partial charge is 0.266 e. The second-order valence-corrected chi connectivity index (χ2v) is 6.64. The molecule has 2 aromatic rings. The lowest BCUT2D eigenvalue weighted by Gasteiger charge is -2.21. The van der Waals surface area contributed by atoms with Crippen molar-refractivity contribution >= 4 is 17.4 Å². The van der Waals surface area contributed by atoms with Gasteiger partial charge in [-0.05, 0) is 6.07 Å². The minimum atomic E-state index is -2.83. The summed E-state index contributed by atoms with van der Waals surface area (Å²) in [6.45, 7) is 3.44. The van der Waals surface area contributed by atoms with E-state index in [9.17, 15) is 18.8 Å². The van der Waals surface area contributed by atoms with E-state index in [1.807, 2.05) is 19.9 Å². The summed E-state index contributed by atoms with van der Waals surface area (Å²) in [4.78, 5) is 26.3. The number of pyridine rings is 1. The first-order chi connectivity index (χ1) is 12.8. The highest BCUT2D eigenvalue weighted by molar-refractivity contribution is 6.06. The zero-order valence-corrected chi connectivity index (χ0v) is 14.9. The molecule has 0 saturated carbocycles. The molecule has 1 amide bonds. The van der Waals surface area contributed by atoms with Gasteiger partial charge >= 0.3 is 0 Å². The predicted molar refractivity (Wildman–Crippen MR) is 94.8 cm³/mol. The summed E-state index contributed by atoms with van der Waals surface area (Å²) in [6, 6.07) is 3.38. The maximum Gasteiger partial charge on any atom is 0.266 e. The van der Waals surface area contributed by atoms with Crippen LogP contribution in [0.5, 0.6) is 0 Å². The van der Waals surface area contributed by atoms with Gasteiger partial charge in [-0.15, -0.1) is 0 Å². The number of halogens is 2. The van der Waals surface area contributed by atoms with Crippen LogP contribution in [0.25, 0.3) is 0 Å². The SMILES string of the molecule is CC(C)c1ncc(C(=O)Nc2c(C#N)ccnc2N2CCC(F)(F)C2)cn1. The number of alkyl halides is 2. The normalized spacial score (nSPS) is 15.6. The number of aromatic nitrogens is 3. The number of amides is 1. The molecule has 3 heterocycles. The van der Waals surface area contributed by atoms with Crippen LogP contribution in [0.2, 0.25) is 0 Å².